The van der Waals surface area contributed by atoms with Crippen LogP contribution in [0.1, 0.15) is 70.6 Å². The van der Waals surface area contributed by atoms with Crippen LogP contribution in [0.2, 0.25) is 0 Å². The van der Waals surface area contributed by atoms with E-state index < -0.39 is 53.9 Å². The number of carboxylic acid groups (broad SMARTS) is 1. The maximum Gasteiger partial charge on any atom is 0.326 e. The van der Waals surface area contributed by atoms with Gasteiger partial charge in [-0.3, -0.25) is 30.0 Å². The molecule has 19 heteroatoms. The number of nitrogens with zero attached hydrogens (tertiary/aromatic N) is 1. The first-order chi connectivity index (χ1) is 22.3. The second-order valence-electron chi connectivity index (χ2n) is 11.5. The summed E-state index contributed by atoms with van der Waals surface area (Å²) in [6.45, 7) is 1.53. The van der Waals surface area contributed by atoms with Crippen molar-refractivity contribution >= 4 is 41.5 Å². The maximum absolute atomic E-state index is 13.2. The largest absolute Gasteiger partial charge is 0.480 e. The summed E-state index contributed by atoms with van der Waals surface area (Å²) in [5, 5.41) is 36.9. The highest BCUT2D eigenvalue weighted by atomic mass is 16.4. The summed E-state index contributed by atoms with van der Waals surface area (Å²) in [5.41, 5.74) is 28.2. The summed E-state index contributed by atoms with van der Waals surface area (Å²) < 4.78 is 0. The zero-order chi connectivity index (χ0) is 35.4. The van der Waals surface area contributed by atoms with Crippen molar-refractivity contribution in [1.29, 1.82) is 10.8 Å². The van der Waals surface area contributed by atoms with Crippen molar-refractivity contribution in [1.82, 2.24) is 31.5 Å². The first kappa shape index (κ1) is 40.8. The number of nitrogens with two attached hydrogens (primary N) is 5. The van der Waals surface area contributed by atoms with Gasteiger partial charge in [0.25, 0.3) is 0 Å². The van der Waals surface area contributed by atoms with Crippen LogP contribution in [-0.4, -0.2) is 114 Å². The highest BCUT2D eigenvalue weighted by molar-refractivity contribution is 5.94. The molecule has 1 rings (SSSR count). The fraction of sp³-hybridized carbons (Fsp3) is 0.750. The Bertz CT molecular complexity index is 1060. The van der Waals surface area contributed by atoms with Crippen molar-refractivity contribution in [3.63, 3.8) is 0 Å². The van der Waals surface area contributed by atoms with Gasteiger partial charge in [0.1, 0.15) is 18.1 Å². The Balaban J connectivity index is 2.54. The molecule has 0 spiro atoms. The van der Waals surface area contributed by atoms with Gasteiger partial charge in [0.05, 0.1) is 12.1 Å². The molecular formula is C28H55N13O6. The standard InChI is InChI=1S/C28H55N13O6/c29-12-11-19(23(43)40-20(26(46)47)9-5-15-38-28(34)35)39-24(44)21-10-6-16-41(21)25(45)18(31)8-2-3-13-36-22(42)17(30)7-1-4-14-37-27(32)33/h17-21H,1-16,29-31H2,(H,36,42)(H,39,44)(H,40,43)(H,46,47)(H4,32,33,37)(H4,34,35,38)/t17?,18-,19-,20?,21-/m0/s1. The number of rotatable bonds is 23. The molecule has 18 N–H and O–H groups in total. The second kappa shape index (κ2) is 22.3. The molecule has 0 saturated carbocycles. The molecule has 1 aliphatic heterocycles. The third kappa shape index (κ3) is 16.2. The molecule has 1 heterocycles. The smallest absolute Gasteiger partial charge is 0.326 e. The topological polar surface area (TPSA) is 347 Å². The van der Waals surface area contributed by atoms with E-state index in [-0.39, 0.29) is 43.8 Å². The van der Waals surface area contributed by atoms with Crippen molar-refractivity contribution < 1.29 is 29.1 Å². The number of unbranched alkanes of at least 4 members (excludes halogenated alkanes) is 2. The van der Waals surface area contributed by atoms with Crippen molar-refractivity contribution in [2.45, 2.75) is 101 Å². The third-order valence-electron chi connectivity index (χ3n) is 7.68. The van der Waals surface area contributed by atoms with E-state index in [1.54, 1.807) is 0 Å². The number of amides is 4. The summed E-state index contributed by atoms with van der Waals surface area (Å²) in [6, 6.07) is -4.68. The predicted molar refractivity (Wildman–Crippen MR) is 176 cm³/mol. The third-order valence-corrected chi connectivity index (χ3v) is 7.68. The molecule has 0 aromatic heterocycles. The Hall–Kier alpha value is -4.23. The van der Waals surface area contributed by atoms with Crippen LogP contribution in [0, 0.1) is 10.8 Å². The van der Waals surface area contributed by atoms with E-state index in [9.17, 15) is 29.1 Å². The molecule has 1 aliphatic rings. The lowest BCUT2D eigenvalue weighted by Gasteiger charge is -2.28. The van der Waals surface area contributed by atoms with Crippen LogP contribution in [0.4, 0.5) is 0 Å². The highest BCUT2D eigenvalue weighted by Crippen LogP contribution is 2.20. The van der Waals surface area contributed by atoms with Gasteiger partial charge in [-0.15, -0.1) is 0 Å². The SMILES string of the molecule is N=C(N)NCCCCC(N)C(=O)NCCCC[C@H](N)C(=O)N1CCC[C@H]1C(=O)N[C@@H](CCN)C(=O)NC(CCCNC(=N)N)C(=O)O. The average Bonchev–Trinajstić information content (AvgIpc) is 3.51. The van der Waals surface area contributed by atoms with Crippen molar-refractivity contribution in [2.75, 3.05) is 32.7 Å². The van der Waals surface area contributed by atoms with E-state index in [0.717, 1.165) is 6.42 Å². The summed E-state index contributed by atoms with van der Waals surface area (Å²) >= 11 is 0. The predicted octanol–water partition coefficient (Wildman–Crippen LogP) is -3.76. The van der Waals surface area contributed by atoms with Gasteiger partial charge in [-0.05, 0) is 77.2 Å². The maximum atomic E-state index is 13.2. The van der Waals surface area contributed by atoms with E-state index in [0.29, 0.717) is 71.0 Å². The summed E-state index contributed by atoms with van der Waals surface area (Å²) in [7, 11) is 0. The Labute approximate surface area is 275 Å². The summed E-state index contributed by atoms with van der Waals surface area (Å²) in [4.78, 5) is 64.6. The van der Waals surface area contributed by atoms with Crippen LogP contribution in [0.25, 0.3) is 0 Å². The minimum absolute atomic E-state index is 0.0448. The Kier molecular flexibility index (Phi) is 19.4. The molecule has 0 aromatic rings. The summed E-state index contributed by atoms with van der Waals surface area (Å²) in [5.74, 6) is -3.52. The molecule has 0 aliphatic carbocycles. The molecule has 0 aromatic carbocycles. The first-order valence-corrected chi connectivity index (χ1v) is 16.1. The minimum atomic E-state index is -1.25. The van der Waals surface area contributed by atoms with Crippen LogP contribution in [-0.2, 0) is 24.0 Å². The lowest BCUT2D eigenvalue weighted by Crippen LogP contribution is -2.57. The number of carbonyl (C=O) groups is 5. The molecule has 0 radical (unpaired) electrons. The molecule has 4 amide bonds. The van der Waals surface area contributed by atoms with Gasteiger partial charge in [0, 0.05) is 26.2 Å². The van der Waals surface area contributed by atoms with Crippen LogP contribution in [0.5, 0.6) is 0 Å². The monoisotopic (exact) mass is 669 g/mol. The zero-order valence-corrected chi connectivity index (χ0v) is 27.0. The number of hydrogen-bond acceptors (Lipinski definition) is 10. The molecule has 5 atom stereocenters. The Morgan fingerprint density at radius 1 is 0.745 bits per heavy atom. The normalized spacial score (nSPS) is 16.7. The van der Waals surface area contributed by atoms with Crippen LogP contribution in [0.3, 0.4) is 0 Å². The van der Waals surface area contributed by atoms with E-state index >= 15 is 0 Å². The average molecular weight is 670 g/mol. The zero-order valence-electron chi connectivity index (χ0n) is 27.0. The van der Waals surface area contributed by atoms with Gasteiger partial charge in [-0.1, -0.05) is 0 Å². The fourth-order valence-corrected chi connectivity index (χ4v) is 5.08. The number of carbonyl (C=O) groups excluding carboxylic acids is 4. The first-order valence-electron chi connectivity index (χ1n) is 16.1. The van der Waals surface area contributed by atoms with E-state index in [1.165, 1.54) is 4.90 Å². The molecule has 268 valence electrons. The van der Waals surface area contributed by atoms with Gasteiger partial charge in [0.2, 0.25) is 23.6 Å². The second-order valence-corrected chi connectivity index (χ2v) is 11.5. The number of nitrogens with one attached hydrogen (secondary N) is 7. The number of carboxylic acids is 1. The lowest BCUT2D eigenvalue weighted by atomic mass is 10.1. The molecule has 47 heavy (non-hydrogen) atoms. The molecule has 1 saturated heterocycles. The van der Waals surface area contributed by atoms with Crippen LogP contribution < -0.4 is 55.3 Å². The van der Waals surface area contributed by atoms with E-state index in [1.807, 2.05) is 0 Å². The summed E-state index contributed by atoms with van der Waals surface area (Å²) in [6.07, 6.45) is 4.77. The quantitative estimate of drug-likeness (QED) is 0.0283. The molecule has 19 nitrogen and oxygen atoms in total. The van der Waals surface area contributed by atoms with Gasteiger partial charge >= 0.3 is 5.97 Å². The number of hydrogen-bond donors (Lipinski definition) is 13. The van der Waals surface area contributed by atoms with Gasteiger partial charge < -0.3 is 65.3 Å². The molecular weight excluding hydrogens is 614 g/mol. The fourth-order valence-electron chi connectivity index (χ4n) is 5.08. The van der Waals surface area contributed by atoms with E-state index in [4.69, 9.17) is 39.5 Å². The van der Waals surface area contributed by atoms with Crippen LogP contribution in [0.15, 0.2) is 0 Å². The van der Waals surface area contributed by atoms with Crippen molar-refractivity contribution in [3.8, 4) is 0 Å². The van der Waals surface area contributed by atoms with Crippen molar-refractivity contribution in [2.24, 2.45) is 28.7 Å². The number of guanidine groups is 2. The molecule has 1 fully saturated rings. The minimum Gasteiger partial charge on any atom is -0.480 e. The van der Waals surface area contributed by atoms with Crippen LogP contribution >= 0.6 is 0 Å². The molecule has 2 unspecified atom stereocenters. The number of aliphatic carboxylic acids is 1. The number of likely N-dealkylation sites (tertiary alicyclic amines) is 1. The van der Waals surface area contributed by atoms with Gasteiger partial charge in [-0.25, -0.2) is 4.79 Å². The van der Waals surface area contributed by atoms with Gasteiger partial charge in [0.15, 0.2) is 11.9 Å². The highest BCUT2D eigenvalue weighted by Gasteiger charge is 2.37. The Morgan fingerprint density at radius 2 is 1.32 bits per heavy atom. The van der Waals surface area contributed by atoms with E-state index in [2.05, 4.69) is 26.6 Å². The Morgan fingerprint density at radius 3 is 1.89 bits per heavy atom. The molecule has 0 bridgehead atoms. The lowest BCUT2D eigenvalue weighted by molar-refractivity contribution is -0.143. The van der Waals surface area contributed by atoms with Crippen molar-refractivity contribution in [3.05, 3.63) is 0 Å². The van der Waals surface area contributed by atoms with Gasteiger partial charge in [-0.2, -0.15) is 0 Å².